The Hall–Kier alpha value is -3.41. The molecule has 0 heterocycles. The smallest absolute Gasteiger partial charge is 0.306 e. The van der Waals surface area contributed by atoms with E-state index in [1.807, 2.05) is 0 Å². The number of ether oxygens (including phenoxy) is 3. The predicted molar refractivity (Wildman–Crippen MR) is 307 cm³/mol. The molecule has 408 valence electrons. The van der Waals surface area contributed by atoms with Crippen molar-refractivity contribution < 1.29 is 28.6 Å². The van der Waals surface area contributed by atoms with E-state index >= 15 is 0 Å². The zero-order chi connectivity index (χ0) is 51.4. The minimum Gasteiger partial charge on any atom is -0.462 e. The SMILES string of the molecule is CC/C=C\C/C=C\C/C=C\C/C=C\CCCCCCCCCCC(=O)OCC(COC(=O)CCCCCCC/C=C\C/C=C\CCC)OC(=O)CCCCCCCCCCC/C=C\CCCCCCCC. The molecule has 0 aliphatic rings. The van der Waals surface area contributed by atoms with E-state index in [4.69, 9.17) is 14.2 Å². The van der Waals surface area contributed by atoms with E-state index < -0.39 is 6.10 Å². The molecule has 0 spiro atoms. The molecular formula is C65H112O6. The molecule has 71 heavy (non-hydrogen) atoms. The van der Waals surface area contributed by atoms with E-state index in [-0.39, 0.29) is 31.1 Å². The lowest BCUT2D eigenvalue weighted by Gasteiger charge is -2.18. The Morgan fingerprint density at radius 1 is 0.296 bits per heavy atom. The van der Waals surface area contributed by atoms with Gasteiger partial charge in [0.2, 0.25) is 0 Å². The largest absolute Gasteiger partial charge is 0.462 e. The van der Waals surface area contributed by atoms with Crippen molar-refractivity contribution in [3.05, 3.63) is 85.1 Å². The molecule has 6 nitrogen and oxygen atoms in total. The molecule has 0 bridgehead atoms. The van der Waals surface area contributed by atoms with Gasteiger partial charge in [0.05, 0.1) is 0 Å². The topological polar surface area (TPSA) is 78.9 Å². The number of carbonyl (C=O) groups excluding carboxylic acids is 3. The van der Waals surface area contributed by atoms with Crippen LogP contribution in [0.2, 0.25) is 0 Å². The van der Waals surface area contributed by atoms with Gasteiger partial charge in [-0.3, -0.25) is 14.4 Å². The Morgan fingerprint density at radius 2 is 0.577 bits per heavy atom. The van der Waals surface area contributed by atoms with Crippen LogP contribution in [0.5, 0.6) is 0 Å². The maximum atomic E-state index is 12.9. The normalized spacial score (nSPS) is 12.7. The fourth-order valence-corrected chi connectivity index (χ4v) is 8.35. The summed E-state index contributed by atoms with van der Waals surface area (Å²) in [7, 11) is 0. The summed E-state index contributed by atoms with van der Waals surface area (Å²) in [5.74, 6) is -0.901. The zero-order valence-electron chi connectivity index (χ0n) is 46.7. The number of esters is 3. The van der Waals surface area contributed by atoms with Gasteiger partial charge in [-0.05, 0) is 109 Å². The number of carbonyl (C=O) groups is 3. The van der Waals surface area contributed by atoms with Crippen LogP contribution in [-0.4, -0.2) is 37.2 Å². The molecule has 1 unspecified atom stereocenters. The minimum atomic E-state index is -0.788. The van der Waals surface area contributed by atoms with Gasteiger partial charge in [-0.15, -0.1) is 0 Å². The van der Waals surface area contributed by atoms with Crippen molar-refractivity contribution in [2.24, 2.45) is 0 Å². The Balaban J connectivity index is 4.37. The summed E-state index contributed by atoms with van der Waals surface area (Å²) in [4.78, 5) is 38.2. The number of unbranched alkanes of at least 4 members (excludes halogenated alkanes) is 29. The van der Waals surface area contributed by atoms with Crippen molar-refractivity contribution in [1.82, 2.24) is 0 Å². The second-order valence-corrected chi connectivity index (χ2v) is 19.9. The van der Waals surface area contributed by atoms with Crippen molar-refractivity contribution in [2.75, 3.05) is 13.2 Å². The lowest BCUT2D eigenvalue weighted by molar-refractivity contribution is -0.167. The van der Waals surface area contributed by atoms with Gasteiger partial charge < -0.3 is 14.2 Å². The first-order valence-electron chi connectivity index (χ1n) is 30.1. The third-order valence-corrected chi connectivity index (χ3v) is 12.8. The summed E-state index contributed by atoms with van der Waals surface area (Å²) in [5.41, 5.74) is 0. The Morgan fingerprint density at radius 3 is 0.930 bits per heavy atom. The molecular weight excluding hydrogens is 877 g/mol. The van der Waals surface area contributed by atoms with Crippen LogP contribution < -0.4 is 0 Å². The van der Waals surface area contributed by atoms with Crippen molar-refractivity contribution in [2.45, 2.75) is 297 Å². The summed E-state index contributed by atoms with van der Waals surface area (Å²) in [6.45, 7) is 6.46. The van der Waals surface area contributed by atoms with E-state index in [0.717, 1.165) is 122 Å². The summed E-state index contributed by atoms with van der Waals surface area (Å²) in [5, 5.41) is 0. The summed E-state index contributed by atoms with van der Waals surface area (Å²) < 4.78 is 16.9. The summed E-state index contributed by atoms with van der Waals surface area (Å²) >= 11 is 0. The fourth-order valence-electron chi connectivity index (χ4n) is 8.35. The van der Waals surface area contributed by atoms with Crippen molar-refractivity contribution in [1.29, 1.82) is 0 Å². The molecule has 0 aromatic carbocycles. The van der Waals surface area contributed by atoms with Gasteiger partial charge in [0, 0.05) is 19.3 Å². The van der Waals surface area contributed by atoms with E-state index in [2.05, 4.69) is 106 Å². The van der Waals surface area contributed by atoms with E-state index in [0.29, 0.717) is 19.3 Å². The third kappa shape index (κ3) is 57.4. The number of rotatable bonds is 54. The zero-order valence-corrected chi connectivity index (χ0v) is 46.7. The highest BCUT2D eigenvalue weighted by molar-refractivity contribution is 5.71. The molecule has 0 aliphatic carbocycles. The first-order valence-corrected chi connectivity index (χ1v) is 30.1. The molecule has 0 rings (SSSR count). The second-order valence-electron chi connectivity index (χ2n) is 19.9. The maximum absolute atomic E-state index is 12.9. The van der Waals surface area contributed by atoms with Gasteiger partial charge in [-0.25, -0.2) is 0 Å². The molecule has 0 aromatic rings. The fraction of sp³-hybridized carbons (Fsp3) is 0.738. The molecule has 0 saturated heterocycles. The van der Waals surface area contributed by atoms with Crippen LogP contribution in [0.1, 0.15) is 290 Å². The lowest BCUT2D eigenvalue weighted by Crippen LogP contribution is -2.30. The second kappa shape index (κ2) is 59.2. The van der Waals surface area contributed by atoms with Gasteiger partial charge in [0.1, 0.15) is 13.2 Å². The molecule has 0 N–H and O–H groups in total. The quantitative estimate of drug-likeness (QED) is 0.0261. The van der Waals surface area contributed by atoms with E-state index in [1.165, 1.54) is 128 Å². The first kappa shape index (κ1) is 67.6. The molecule has 0 aliphatic heterocycles. The lowest BCUT2D eigenvalue weighted by atomic mass is 10.1. The summed E-state index contributed by atoms with van der Waals surface area (Å²) in [6.07, 6.45) is 77.2. The van der Waals surface area contributed by atoms with Gasteiger partial charge in [0.25, 0.3) is 0 Å². The van der Waals surface area contributed by atoms with E-state index in [1.54, 1.807) is 0 Å². The van der Waals surface area contributed by atoms with Crippen molar-refractivity contribution in [3.8, 4) is 0 Å². The molecule has 0 aromatic heterocycles. The Labute approximate surface area is 439 Å². The van der Waals surface area contributed by atoms with Crippen LogP contribution in [0.4, 0.5) is 0 Å². The highest BCUT2D eigenvalue weighted by atomic mass is 16.6. The minimum absolute atomic E-state index is 0.0856. The van der Waals surface area contributed by atoms with Crippen LogP contribution in [0.15, 0.2) is 85.1 Å². The van der Waals surface area contributed by atoms with Crippen LogP contribution >= 0.6 is 0 Å². The Kier molecular flexibility index (Phi) is 56.3. The van der Waals surface area contributed by atoms with Gasteiger partial charge in [-0.2, -0.15) is 0 Å². The Bertz CT molecular complexity index is 1370. The summed E-state index contributed by atoms with van der Waals surface area (Å²) in [6, 6.07) is 0. The number of hydrogen-bond acceptors (Lipinski definition) is 6. The molecule has 6 heteroatoms. The van der Waals surface area contributed by atoms with Gasteiger partial charge in [-0.1, -0.05) is 247 Å². The predicted octanol–water partition coefficient (Wildman–Crippen LogP) is 20.3. The van der Waals surface area contributed by atoms with Crippen LogP contribution in [-0.2, 0) is 28.6 Å². The number of allylic oxidation sites excluding steroid dienone is 14. The highest BCUT2D eigenvalue weighted by Gasteiger charge is 2.19. The molecule has 0 amide bonds. The third-order valence-electron chi connectivity index (χ3n) is 12.8. The van der Waals surface area contributed by atoms with Crippen LogP contribution in [0, 0.1) is 0 Å². The average Bonchev–Trinajstić information content (AvgIpc) is 3.37. The maximum Gasteiger partial charge on any atom is 0.306 e. The average molecular weight is 990 g/mol. The van der Waals surface area contributed by atoms with Gasteiger partial charge >= 0.3 is 17.9 Å². The van der Waals surface area contributed by atoms with Crippen LogP contribution in [0.3, 0.4) is 0 Å². The first-order chi connectivity index (χ1) is 35.0. The monoisotopic (exact) mass is 989 g/mol. The van der Waals surface area contributed by atoms with Crippen molar-refractivity contribution >= 4 is 17.9 Å². The van der Waals surface area contributed by atoms with Gasteiger partial charge in [0.15, 0.2) is 6.10 Å². The standard InChI is InChI=1S/C65H112O6/c1-4-7-10-13-16-19-22-25-27-29-31-32-34-35-37-40-43-46-49-52-55-58-64(67)70-61-62(60-69-63(66)57-54-51-48-45-42-39-24-21-18-15-12-9-6-3)71-65(68)59-56-53-50-47-44-41-38-36-33-30-28-26-23-20-17-14-11-8-5-2/h7,10,12,15-16,19,21,24-28,31-32,62H,4-6,8-9,11,13-14,17-18,20,22-23,29-30,33-61H2,1-3H3/b10-7-,15-12-,19-16-,24-21-,27-25-,28-26-,32-31-. The van der Waals surface area contributed by atoms with Crippen molar-refractivity contribution in [3.63, 3.8) is 0 Å². The molecule has 1 atom stereocenters. The van der Waals surface area contributed by atoms with Crippen LogP contribution in [0.25, 0.3) is 0 Å². The number of hydrogen-bond donors (Lipinski definition) is 0. The van der Waals surface area contributed by atoms with E-state index in [9.17, 15) is 14.4 Å². The molecule has 0 fully saturated rings. The highest BCUT2D eigenvalue weighted by Crippen LogP contribution is 2.15. The molecule has 0 radical (unpaired) electrons. The molecule has 0 saturated carbocycles.